The molecule has 3 amide bonds. The molecule has 1 fully saturated rings. The van der Waals surface area contributed by atoms with Gasteiger partial charge < -0.3 is 20.3 Å². The normalized spacial score (nSPS) is 16.9. The molecule has 1 aromatic heterocycles. The predicted octanol–water partition coefficient (Wildman–Crippen LogP) is 3.14. The highest BCUT2D eigenvalue weighted by Crippen LogP contribution is 2.19. The number of halogens is 1. The lowest BCUT2D eigenvalue weighted by Gasteiger charge is -2.38. The molecule has 0 aliphatic carbocycles. The average molecular weight is 401 g/mol. The third kappa shape index (κ3) is 5.64. The highest BCUT2D eigenvalue weighted by molar-refractivity contribution is 5.99. The Morgan fingerprint density at radius 2 is 2.03 bits per heavy atom. The zero-order chi connectivity index (χ0) is 20.8. The Hall–Kier alpha value is -3.20. The van der Waals surface area contributed by atoms with Gasteiger partial charge in [-0.1, -0.05) is 0 Å². The van der Waals surface area contributed by atoms with Crippen molar-refractivity contribution in [2.75, 3.05) is 37.4 Å². The van der Waals surface area contributed by atoms with Crippen molar-refractivity contribution < 1.29 is 18.7 Å². The number of carbonyl (C=O) groups is 2. The van der Waals surface area contributed by atoms with E-state index in [0.717, 1.165) is 5.56 Å². The number of aromatic nitrogens is 1. The van der Waals surface area contributed by atoms with E-state index < -0.39 is 11.8 Å². The van der Waals surface area contributed by atoms with Crippen LogP contribution in [0.3, 0.4) is 0 Å². The van der Waals surface area contributed by atoms with Crippen LogP contribution < -0.4 is 10.6 Å². The summed E-state index contributed by atoms with van der Waals surface area (Å²) in [6.45, 7) is 4.30. The Kier molecular flexibility index (Phi) is 6.61. The molecule has 1 saturated heterocycles. The second-order valence-electron chi connectivity index (χ2n) is 6.92. The molecule has 2 aromatic rings. The Morgan fingerprint density at radius 1 is 1.24 bits per heavy atom. The number of nitrogens with one attached hydrogen (secondary N) is 2. The maximum atomic E-state index is 14.1. The maximum absolute atomic E-state index is 14.1. The average Bonchev–Trinajstić information content (AvgIpc) is 2.67. The number of anilines is 2. The Bertz CT molecular complexity index is 864. The van der Waals surface area contributed by atoms with Gasteiger partial charge in [-0.3, -0.25) is 9.88 Å². The largest absolute Gasteiger partial charge is 0.453 e. The lowest BCUT2D eigenvalue weighted by atomic mass is 10.1. The molecule has 1 atom stereocenters. The zero-order valence-electron chi connectivity index (χ0n) is 16.4. The lowest BCUT2D eigenvalue weighted by molar-refractivity contribution is 0.0604. The van der Waals surface area contributed by atoms with Crippen LogP contribution in [-0.4, -0.2) is 59.7 Å². The van der Waals surface area contributed by atoms with Gasteiger partial charge in [0.1, 0.15) is 5.82 Å². The molecule has 29 heavy (non-hydrogen) atoms. The summed E-state index contributed by atoms with van der Waals surface area (Å²) in [5.41, 5.74) is 1.64. The summed E-state index contributed by atoms with van der Waals surface area (Å²) < 4.78 is 18.9. The number of hydrogen-bond donors (Lipinski definition) is 2. The highest BCUT2D eigenvalue weighted by atomic mass is 19.1. The van der Waals surface area contributed by atoms with Crippen LogP contribution in [0, 0.1) is 5.82 Å². The Balaban J connectivity index is 1.60. The minimum absolute atomic E-state index is 0.00684. The number of pyridine rings is 1. The fourth-order valence-corrected chi connectivity index (χ4v) is 3.37. The highest BCUT2D eigenvalue weighted by Gasteiger charge is 2.28. The van der Waals surface area contributed by atoms with Crippen LogP contribution in [-0.2, 0) is 11.3 Å². The van der Waals surface area contributed by atoms with Crippen LogP contribution in [0.15, 0.2) is 42.7 Å². The zero-order valence-corrected chi connectivity index (χ0v) is 16.4. The molecule has 9 heteroatoms. The molecule has 1 aliphatic heterocycles. The van der Waals surface area contributed by atoms with Crippen LogP contribution in [0.2, 0.25) is 0 Å². The first-order chi connectivity index (χ1) is 13.9. The molecular weight excluding hydrogens is 377 g/mol. The third-order valence-corrected chi connectivity index (χ3v) is 4.66. The van der Waals surface area contributed by atoms with Crippen LogP contribution in [0.5, 0.6) is 0 Å². The van der Waals surface area contributed by atoms with Crippen LogP contribution in [0.25, 0.3) is 0 Å². The Morgan fingerprint density at radius 3 is 2.72 bits per heavy atom. The SMILES string of the molecule is COC(=O)N1CCN(Cc2cc(F)cc(NC(=O)Nc3cccnc3)c2)C[C@H]1C. The molecule has 0 spiro atoms. The van der Waals surface area contributed by atoms with Crippen molar-refractivity contribution in [3.05, 3.63) is 54.1 Å². The van der Waals surface area contributed by atoms with E-state index in [-0.39, 0.29) is 12.1 Å². The van der Waals surface area contributed by atoms with Gasteiger partial charge in [0, 0.05) is 44.1 Å². The smallest absolute Gasteiger partial charge is 0.409 e. The molecule has 1 aromatic carbocycles. The number of urea groups is 1. The van der Waals surface area contributed by atoms with E-state index in [0.29, 0.717) is 37.6 Å². The lowest BCUT2D eigenvalue weighted by Crippen LogP contribution is -2.53. The van der Waals surface area contributed by atoms with E-state index in [1.807, 2.05) is 6.92 Å². The molecule has 2 N–H and O–H groups in total. The quantitative estimate of drug-likeness (QED) is 0.822. The third-order valence-electron chi connectivity index (χ3n) is 4.66. The van der Waals surface area contributed by atoms with Crippen molar-refractivity contribution in [2.45, 2.75) is 19.5 Å². The van der Waals surface area contributed by atoms with Gasteiger partial charge in [0.25, 0.3) is 0 Å². The van der Waals surface area contributed by atoms with Gasteiger partial charge in [0.15, 0.2) is 0 Å². The van der Waals surface area contributed by atoms with Gasteiger partial charge in [-0.05, 0) is 42.8 Å². The number of nitrogens with zero attached hydrogens (tertiary/aromatic N) is 3. The van der Waals surface area contributed by atoms with Crippen LogP contribution in [0.4, 0.5) is 25.4 Å². The number of carbonyl (C=O) groups excluding carboxylic acids is 2. The van der Waals surface area contributed by atoms with Crippen molar-refractivity contribution >= 4 is 23.5 Å². The fraction of sp³-hybridized carbons (Fsp3) is 0.350. The maximum Gasteiger partial charge on any atom is 0.409 e. The number of rotatable bonds is 4. The van der Waals surface area contributed by atoms with E-state index in [9.17, 15) is 14.0 Å². The van der Waals surface area contributed by atoms with Gasteiger partial charge in [-0.25, -0.2) is 14.0 Å². The van der Waals surface area contributed by atoms with Crippen molar-refractivity contribution in [1.82, 2.24) is 14.8 Å². The number of methoxy groups -OCH3 is 1. The second-order valence-corrected chi connectivity index (χ2v) is 6.92. The first-order valence-electron chi connectivity index (χ1n) is 9.29. The number of piperazine rings is 1. The summed E-state index contributed by atoms with van der Waals surface area (Å²) in [6, 6.07) is 7.38. The second kappa shape index (κ2) is 9.33. The van der Waals surface area contributed by atoms with Crippen LogP contribution >= 0.6 is 0 Å². The van der Waals surface area contributed by atoms with Gasteiger partial charge in [-0.2, -0.15) is 0 Å². The molecule has 8 nitrogen and oxygen atoms in total. The Labute approximate surface area is 168 Å². The van der Waals surface area contributed by atoms with E-state index in [1.54, 1.807) is 29.3 Å². The van der Waals surface area contributed by atoms with Gasteiger partial charge >= 0.3 is 12.1 Å². The van der Waals surface area contributed by atoms with Gasteiger partial charge in [-0.15, -0.1) is 0 Å². The van der Waals surface area contributed by atoms with Gasteiger partial charge in [0.2, 0.25) is 0 Å². The van der Waals surface area contributed by atoms with E-state index >= 15 is 0 Å². The van der Waals surface area contributed by atoms with Crippen molar-refractivity contribution in [1.29, 1.82) is 0 Å². The number of hydrogen-bond acceptors (Lipinski definition) is 5. The summed E-state index contributed by atoms with van der Waals surface area (Å²) in [5.74, 6) is -0.430. The molecule has 0 unspecified atom stereocenters. The summed E-state index contributed by atoms with van der Waals surface area (Å²) >= 11 is 0. The topological polar surface area (TPSA) is 86.8 Å². The van der Waals surface area contributed by atoms with Crippen molar-refractivity contribution in [3.63, 3.8) is 0 Å². The number of ether oxygens (including phenoxy) is 1. The predicted molar refractivity (Wildman–Crippen MR) is 107 cm³/mol. The minimum Gasteiger partial charge on any atom is -0.453 e. The standard InChI is InChI=1S/C20H24FN5O3/c1-14-12-25(6-7-26(14)20(28)29-2)13-15-8-16(21)10-18(9-15)24-19(27)23-17-4-3-5-22-11-17/h3-5,8-11,14H,6-7,12-13H2,1-2H3,(H2,23,24,27)/t14-/m1/s1. The molecule has 0 radical (unpaired) electrons. The fourth-order valence-electron chi connectivity index (χ4n) is 3.37. The first kappa shape index (κ1) is 20.5. The molecule has 3 rings (SSSR count). The molecular formula is C20H24FN5O3. The van der Waals surface area contributed by atoms with E-state index in [2.05, 4.69) is 20.5 Å². The minimum atomic E-state index is -0.477. The van der Waals surface area contributed by atoms with Gasteiger partial charge in [0.05, 0.1) is 19.0 Å². The van der Waals surface area contributed by atoms with E-state index in [4.69, 9.17) is 4.74 Å². The molecule has 1 aliphatic rings. The summed E-state index contributed by atoms with van der Waals surface area (Å²) in [5, 5.41) is 5.28. The number of amides is 3. The number of benzene rings is 1. The first-order valence-corrected chi connectivity index (χ1v) is 9.29. The molecule has 0 bridgehead atoms. The molecule has 2 heterocycles. The monoisotopic (exact) mass is 401 g/mol. The summed E-state index contributed by atoms with van der Waals surface area (Å²) in [7, 11) is 1.37. The van der Waals surface area contributed by atoms with E-state index in [1.165, 1.54) is 25.4 Å². The van der Waals surface area contributed by atoms with Crippen LogP contribution in [0.1, 0.15) is 12.5 Å². The molecule has 0 saturated carbocycles. The summed E-state index contributed by atoms with van der Waals surface area (Å²) in [4.78, 5) is 31.6. The molecule has 154 valence electrons. The van der Waals surface area contributed by atoms with Crippen molar-refractivity contribution in [2.24, 2.45) is 0 Å². The summed E-state index contributed by atoms with van der Waals surface area (Å²) in [6.07, 6.45) is 2.79. The van der Waals surface area contributed by atoms with Crippen molar-refractivity contribution in [3.8, 4) is 0 Å².